The molecule has 1 aromatic carbocycles. The van der Waals surface area contributed by atoms with E-state index in [1.165, 1.54) is 0 Å². The largest absolute Gasteiger partial charge is 0.478 e. The maximum absolute atomic E-state index is 11.1. The van der Waals surface area contributed by atoms with Crippen LogP contribution in [-0.4, -0.2) is 23.7 Å². The maximum atomic E-state index is 11.1. The van der Waals surface area contributed by atoms with Crippen LogP contribution in [-0.2, 0) is 0 Å². The van der Waals surface area contributed by atoms with Crippen LogP contribution in [0.1, 0.15) is 30.1 Å². The van der Waals surface area contributed by atoms with Gasteiger partial charge < -0.3 is 10.0 Å². The van der Waals surface area contributed by atoms with Gasteiger partial charge in [-0.25, -0.2) is 4.79 Å². The van der Waals surface area contributed by atoms with Crippen molar-refractivity contribution in [2.45, 2.75) is 25.8 Å². The van der Waals surface area contributed by atoms with E-state index in [4.69, 9.17) is 16.7 Å². The smallest absolute Gasteiger partial charge is 0.337 e. The van der Waals surface area contributed by atoms with Crippen molar-refractivity contribution in [3.8, 4) is 0 Å². The highest BCUT2D eigenvalue weighted by molar-refractivity contribution is 6.31. The molecule has 3 nitrogen and oxygen atoms in total. The quantitative estimate of drug-likeness (QED) is 0.878. The van der Waals surface area contributed by atoms with Gasteiger partial charge in [0.25, 0.3) is 0 Å². The summed E-state index contributed by atoms with van der Waals surface area (Å²) >= 11 is 5.93. The van der Waals surface area contributed by atoms with Crippen molar-refractivity contribution in [1.82, 2.24) is 0 Å². The number of hydrogen-bond donors (Lipinski definition) is 1. The Morgan fingerprint density at radius 1 is 1.56 bits per heavy atom. The number of aromatic carboxylic acids is 1. The van der Waals surface area contributed by atoms with Crippen LogP contribution in [0, 0.1) is 0 Å². The second kappa shape index (κ2) is 4.34. The lowest BCUT2D eigenvalue weighted by molar-refractivity contribution is 0.0697. The summed E-state index contributed by atoms with van der Waals surface area (Å²) in [7, 11) is 0. The first-order chi connectivity index (χ1) is 7.63. The van der Waals surface area contributed by atoms with Gasteiger partial charge in [-0.2, -0.15) is 0 Å². The van der Waals surface area contributed by atoms with Gasteiger partial charge in [0.1, 0.15) is 0 Å². The first kappa shape index (κ1) is 11.3. The van der Waals surface area contributed by atoms with Gasteiger partial charge in [-0.3, -0.25) is 0 Å². The molecule has 1 N–H and O–H groups in total. The molecule has 0 radical (unpaired) electrons. The summed E-state index contributed by atoms with van der Waals surface area (Å²) in [5.41, 5.74) is 1.07. The molecule has 4 heteroatoms. The van der Waals surface area contributed by atoms with Crippen molar-refractivity contribution >= 4 is 23.3 Å². The summed E-state index contributed by atoms with van der Waals surface area (Å²) < 4.78 is 0. The lowest BCUT2D eigenvalue weighted by Crippen LogP contribution is -2.26. The Bertz CT molecular complexity index is 415. The summed E-state index contributed by atoms with van der Waals surface area (Å²) in [5.74, 6) is -0.897. The van der Waals surface area contributed by atoms with E-state index in [0.29, 0.717) is 16.6 Å². The molecule has 16 heavy (non-hydrogen) atoms. The normalized spacial score (nSPS) is 14.9. The number of benzene rings is 1. The number of anilines is 1. The predicted octanol–water partition coefficient (Wildman–Crippen LogP) is 3.03. The van der Waals surface area contributed by atoms with E-state index in [-0.39, 0.29) is 0 Å². The van der Waals surface area contributed by atoms with Crippen molar-refractivity contribution in [2.24, 2.45) is 0 Å². The summed E-state index contributed by atoms with van der Waals surface area (Å²) in [6.45, 7) is 2.84. The van der Waals surface area contributed by atoms with Crippen molar-refractivity contribution in [2.75, 3.05) is 11.4 Å². The fourth-order valence-corrected chi connectivity index (χ4v) is 2.10. The van der Waals surface area contributed by atoms with Crippen LogP contribution in [0.15, 0.2) is 18.2 Å². The molecule has 0 bridgehead atoms. The van der Waals surface area contributed by atoms with Gasteiger partial charge in [-0.05, 0) is 38.0 Å². The first-order valence-corrected chi connectivity index (χ1v) is 5.80. The molecule has 0 amide bonds. The van der Waals surface area contributed by atoms with E-state index in [2.05, 4.69) is 4.90 Å². The van der Waals surface area contributed by atoms with Crippen LogP contribution >= 0.6 is 11.6 Å². The molecule has 0 atom stereocenters. The fraction of sp³-hybridized carbons (Fsp3) is 0.417. The van der Waals surface area contributed by atoms with Crippen LogP contribution in [0.2, 0.25) is 5.02 Å². The van der Waals surface area contributed by atoms with E-state index in [9.17, 15) is 4.79 Å². The van der Waals surface area contributed by atoms with Crippen molar-refractivity contribution in [3.05, 3.63) is 28.8 Å². The molecule has 1 saturated carbocycles. The highest BCUT2D eigenvalue weighted by Crippen LogP contribution is 2.34. The minimum atomic E-state index is -0.897. The number of nitrogens with zero attached hydrogens (tertiary/aromatic N) is 1. The molecule has 1 aliphatic carbocycles. The maximum Gasteiger partial charge on any atom is 0.337 e. The van der Waals surface area contributed by atoms with Crippen LogP contribution in [0.25, 0.3) is 0 Å². The Balaban J connectivity index is 2.42. The summed E-state index contributed by atoms with van der Waals surface area (Å²) in [6.07, 6.45) is 2.28. The highest BCUT2D eigenvalue weighted by atomic mass is 35.5. The summed E-state index contributed by atoms with van der Waals surface area (Å²) in [4.78, 5) is 13.2. The second-order valence-corrected chi connectivity index (χ2v) is 4.42. The molecule has 0 saturated heterocycles. The third kappa shape index (κ3) is 2.14. The molecule has 2 rings (SSSR count). The van der Waals surface area contributed by atoms with Gasteiger partial charge in [0, 0.05) is 17.6 Å². The van der Waals surface area contributed by atoms with E-state index < -0.39 is 5.97 Å². The van der Waals surface area contributed by atoms with Crippen molar-refractivity contribution in [3.63, 3.8) is 0 Å². The van der Waals surface area contributed by atoms with Gasteiger partial charge in [-0.15, -0.1) is 0 Å². The SMILES string of the molecule is CCN(c1cc(Cl)ccc1C(=O)O)C1CC1. The van der Waals surface area contributed by atoms with Gasteiger partial charge in [0.15, 0.2) is 0 Å². The summed E-state index contributed by atoms with van der Waals surface area (Å²) in [5, 5.41) is 9.72. The molecule has 0 aliphatic heterocycles. The Morgan fingerprint density at radius 3 is 2.75 bits per heavy atom. The van der Waals surface area contributed by atoms with Crippen LogP contribution < -0.4 is 4.90 Å². The molecule has 0 spiro atoms. The predicted molar refractivity (Wildman–Crippen MR) is 64.5 cm³/mol. The molecular weight excluding hydrogens is 226 g/mol. The van der Waals surface area contributed by atoms with Crippen molar-refractivity contribution < 1.29 is 9.90 Å². The number of carbonyl (C=O) groups is 1. The molecule has 0 heterocycles. The zero-order chi connectivity index (χ0) is 11.7. The Morgan fingerprint density at radius 2 is 2.25 bits per heavy atom. The molecule has 0 unspecified atom stereocenters. The average molecular weight is 240 g/mol. The second-order valence-electron chi connectivity index (χ2n) is 3.98. The number of halogens is 1. The zero-order valence-corrected chi connectivity index (χ0v) is 9.87. The molecule has 1 aliphatic rings. The van der Waals surface area contributed by atoms with E-state index in [0.717, 1.165) is 25.1 Å². The number of rotatable bonds is 4. The van der Waals surface area contributed by atoms with Gasteiger partial charge in [0.05, 0.1) is 11.3 Å². The fourth-order valence-electron chi connectivity index (χ4n) is 1.93. The first-order valence-electron chi connectivity index (χ1n) is 5.43. The van der Waals surface area contributed by atoms with Crippen molar-refractivity contribution in [1.29, 1.82) is 0 Å². The number of carboxylic acids is 1. The van der Waals surface area contributed by atoms with E-state index >= 15 is 0 Å². The lowest BCUT2D eigenvalue weighted by Gasteiger charge is -2.24. The summed E-state index contributed by atoms with van der Waals surface area (Å²) in [6, 6.07) is 5.43. The van der Waals surface area contributed by atoms with Gasteiger partial charge in [0.2, 0.25) is 0 Å². The Kier molecular flexibility index (Phi) is 3.06. The highest BCUT2D eigenvalue weighted by Gasteiger charge is 2.30. The number of carboxylic acid groups (broad SMARTS) is 1. The Labute approximate surface area is 99.6 Å². The van der Waals surface area contributed by atoms with Crippen LogP contribution in [0.5, 0.6) is 0 Å². The Hall–Kier alpha value is -1.22. The average Bonchev–Trinajstić information content (AvgIpc) is 3.03. The minimum absolute atomic E-state index is 0.332. The van der Waals surface area contributed by atoms with Crippen LogP contribution in [0.3, 0.4) is 0 Å². The molecular formula is C12H14ClNO2. The minimum Gasteiger partial charge on any atom is -0.478 e. The molecule has 0 aromatic heterocycles. The third-order valence-corrected chi connectivity index (χ3v) is 3.06. The zero-order valence-electron chi connectivity index (χ0n) is 9.11. The topological polar surface area (TPSA) is 40.5 Å². The van der Waals surface area contributed by atoms with E-state index in [1.807, 2.05) is 6.92 Å². The standard InChI is InChI=1S/C12H14ClNO2/c1-2-14(9-4-5-9)11-7-8(13)3-6-10(11)12(15)16/h3,6-7,9H,2,4-5H2,1H3,(H,15,16). The molecule has 1 aromatic rings. The lowest BCUT2D eigenvalue weighted by atomic mass is 10.1. The molecule has 86 valence electrons. The monoisotopic (exact) mass is 239 g/mol. The van der Waals surface area contributed by atoms with Gasteiger partial charge in [-0.1, -0.05) is 11.6 Å². The van der Waals surface area contributed by atoms with Crippen LogP contribution in [0.4, 0.5) is 5.69 Å². The molecule has 1 fully saturated rings. The third-order valence-electron chi connectivity index (χ3n) is 2.83. The number of hydrogen-bond acceptors (Lipinski definition) is 2. The van der Waals surface area contributed by atoms with Gasteiger partial charge >= 0.3 is 5.97 Å². The van der Waals surface area contributed by atoms with E-state index in [1.54, 1.807) is 18.2 Å².